The Morgan fingerprint density at radius 1 is 1.32 bits per heavy atom. The summed E-state index contributed by atoms with van der Waals surface area (Å²) < 4.78 is 14.2. The third kappa shape index (κ3) is 2.82. The third-order valence-corrected chi connectivity index (χ3v) is 3.12. The molecule has 2 rings (SSSR count). The number of hydrogen-bond acceptors (Lipinski definition) is 4. The highest BCUT2D eigenvalue weighted by molar-refractivity contribution is 9.10. The fraction of sp³-hybridized carbons (Fsp3) is 0. The number of benzene rings is 2. The van der Waals surface area contributed by atoms with Crippen molar-refractivity contribution >= 4 is 38.7 Å². The van der Waals surface area contributed by atoms with Crippen molar-refractivity contribution in [3.05, 3.63) is 56.8 Å². The highest BCUT2D eigenvalue weighted by Gasteiger charge is 2.12. The highest BCUT2D eigenvalue weighted by Crippen LogP contribution is 2.31. The van der Waals surface area contributed by atoms with E-state index in [1.54, 1.807) is 12.1 Å². The molecule has 0 saturated carbocycles. The van der Waals surface area contributed by atoms with Gasteiger partial charge in [-0.15, -0.1) is 0 Å². The number of anilines is 3. The van der Waals surface area contributed by atoms with Crippen molar-refractivity contribution in [2.75, 3.05) is 11.1 Å². The molecule has 3 N–H and O–H groups in total. The molecule has 98 valence electrons. The van der Waals surface area contributed by atoms with Gasteiger partial charge < -0.3 is 11.1 Å². The van der Waals surface area contributed by atoms with Gasteiger partial charge in [0.05, 0.1) is 10.6 Å². The molecule has 0 fully saturated rings. The van der Waals surface area contributed by atoms with E-state index in [1.165, 1.54) is 24.3 Å². The minimum atomic E-state index is -0.571. The molecule has 2 aromatic rings. The van der Waals surface area contributed by atoms with Crippen LogP contribution in [0.3, 0.4) is 0 Å². The quantitative estimate of drug-likeness (QED) is 0.510. The molecule has 7 heteroatoms. The second-order valence-electron chi connectivity index (χ2n) is 3.75. The molecule has 0 saturated heterocycles. The van der Waals surface area contributed by atoms with Crippen LogP contribution in [0.4, 0.5) is 27.1 Å². The fourth-order valence-electron chi connectivity index (χ4n) is 1.56. The number of nitrogens with two attached hydrogens (primary N) is 1. The van der Waals surface area contributed by atoms with Gasteiger partial charge in [-0.1, -0.05) is 6.07 Å². The van der Waals surface area contributed by atoms with Crippen LogP contribution < -0.4 is 11.1 Å². The topological polar surface area (TPSA) is 81.2 Å². The summed E-state index contributed by atoms with van der Waals surface area (Å²) in [6, 6.07) is 8.67. The summed E-state index contributed by atoms with van der Waals surface area (Å²) in [4.78, 5) is 10.1. The van der Waals surface area contributed by atoms with E-state index in [2.05, 4.69) is 21.2 Å². The Hall–Kier alpha value is -2.15. The van der Waals surface area contributed by atoms with Crippen molar-refractivity contribution in [2.45, 2.75) is 0 Å². The number of halogens is 2. The Bertz CT molecular complexity index is 629. The van der Waals surface area contributed by atoms with E-state index in [0.29, 0.717) is 10.2 Å². The molecular weight excluding hydrogens is 317 g/mol. The molecular formula is C12H9BrFN3O2. The number of nitro benzene ring substituents is 1. The van der Waals surface area contributed by atoms with E-state index in [-0.39, 0.29) is 17.1 Å². The minimum Gasteiger partial charge on any atom is -0.393 e. The first-order valence-corrected chi connectivity index (χ1v) is 6.03. The van der Waals surface area contributed by atoms with E-state index >= 15 is 0 Å². The van der Waals surface area contributed by atoms with E-state index in [4.69, 9.17) is 5.73 Å². The van der Waals surface area contributed by atoms with Crippen molar-refractivity contribution in [3.8, 4) is 0 Å². The van der Waals surface area contributed by atoms with Crippen LogP contribution in [0, 0.1) is 15.9 Å². The predicted octanol–water partition coefficient (Wildman–Crippen LogP) is 3.82. The molecule has 0 bridgehead atoms. The van der Waals surface area contributed by atoms with Crippen molar-refractivity contribution in [1.29, 1.82) is 0 Å². The molecule has 0 aliphatic carbocycles. The average Bonchev–Trinajstić information content (AvgIpc) is 2.33. The van der Waals surface area contributed by atoms with Gasteiger partial charge >= 0.3 is 0 Å². The lowest BCUT2D eigenvalue weighted by Crippen LogP contribution is -1.99. The molecule has 0 heterocycles. The van der Waals surface area contributed by atoms with Crippen LogP contribution in [0.25, 0.3) is 0 Å². The molecule has 2 aromatic carbocycles. The van der Waals surface area contributed by atoms with Gasteiger partial charge in [0.2, 0.25) is 0 Å². The number of hydrogen-bond donors (Lipinski definition) is 2. The lowest BCUT2D eigenvalue weighted by atomic mass is 10.2. The van der Waals surface area contributed by atoms with Gasteiger partial charge in [-0.2, -0.15) is 0 Å². The Labute approximate surface area is 116 Å². The van der Waals surface area contributed by atoms with Crippen LogP contribution in [-0.4, -0.2) is 4.92 Å². The lowest BCUT2D eigenvalue weighted by molar-refractivity contribution is -0.383. The molecule has 0 amide bonds. The molecule has 0 aliphatic heterocycles. The molecule has 0 radical (unpaired) electrons. The van der Waals surface area contributed by atoms with E-state index in [0.717, 1.165) is 0 Å². The zero-order valence-corrected chi connectivity index (χ0v) is 11.1. The second-order valence-corrected chi connectivity index (χ2v) is 4.61. The summed E-state index contributed by atoms with van der Waals surface area (Å²) >= 11 is 3.22. The van der Waals surface area contributed by atoms with Crippen molar-refractivity contribution in [2.24, 2.45) is 0 Å². The van der Waals surface area contributed by atoms with E-state index in [1.807, 2.05) is 0 Å². The Kier molecular flexibility index (Phi) is 3.66. The number of nitrogen functional groups attached to an aromatic ring is 1. The summed E-state index contributed by atoms with van der Waals surface area (Å²) in [5, 5.41) is 13.5. The Morgan fingerprint density at radius 2 is 2.05 bits per heavy atom. The van der Waals surface area contributed by atoms with Gasteiger partial charge in [0.25, 0.3) is 5.69 Å². The summed E-state index contributed by atoms with van der Waals surface area (Å²) in [6.07, 6.45) is 0. The van der Waals surface area contributed by atoms with Crippen molar-refractivity contribution < 1.29 is 9.31 Å². The van der Waals surface area contributed by atoms with Crippen molar-refractivity contribution in [1.82, 2.24) is 0 Å². The van der Waals surface area contributed by atoms with Crippen LogP contribution in [-0.2, 0) is 0 Å². The van der Waals surface area contributed by atoms with Gasteiger partial charge in [-0.25, -0.2) is 4.39 Å². The number of nitrogens with one attached hydrogen (secondary N) is 1. The molecule has 0 unspecified atom stereocenters. The van der Waals surface area contributed by atoms with Crippen LogP contribution in [0.5, 0.6) is 0 Å². The zero-order chi connectivity index (χ0) is 14.0. The molecule has 5 nitrogen and oxygen atoms in total. The Balaban J connectivity index is 2.34. The number of nitrogens with zero attached hydrogens (tertiary/aromatic N) is 1. The highest BCUT2D eigenvalue weighted by atomic mass is 79.9. The number of rotatable bonds is 3. The summed E-state index contributed by atoms with van der Waals surface area (Å²) in [6.45, 7) is 0. The summed E-state index contributed by atoms with van der Waals surface area (Å²) in [7, 11) is 0. The van der Waals surface area contributed by atoms with E-state index < -0.39 is 10.7 Å². The largest absolute Gasteiger partial charge is 0.393 e. The van der Waals surface area contributed by atoms with Crippen LogP contribution >= 0.6 is 15.9 Å². The third-order valence-electron chi connectivity index (χ3n) is 2.46. The monoisotopic (exact) mass is 325 g/mol. The second kappa shape index (κ2) is 5.23. The lowest BCUT2D eigenvalue weighted by Gasteiger charge is -2.10. The maximum Gasteiger partial charge on any atom is 0.292 e. The minimum absolute atomic E-state index is 0.0162. The Morgan fingerprint density at radius 3 is 2.63 bits per heavy atom. The maximum absolute atomic E-state index is 13.6. The first kappa shape index (κ1) is 13.3. The molecule has 19 heavy (non-hydrogen) atoms. The van der Waals surface area contributed by atoms with Crippen LogP contribution in [0.15, 0.2) is 40.9 Å². The number of nitro groups is 1. The predicted molar refractivity (Wildman–Crippen MR) is 74.9 cm³/mol. The fourth-order valence-corrected chi connectivity index (χ4v) is 2.00. The first-order chi connectivity index (χ1) is 8.99. The van der Waals surface area contributed by atoms with Gasteiger partial charge in [-0.3, -0.25) is 10.1 Å². The maximum atomic E-state index is 13.6. The van der Waals surface area contributed by atoms with Gasteiger partial charge in [0.1, 0.15) is 11.5 Å². The average molecular weight is 326 g/mol. The van der Waals surface area contributed by atoms with Crippen LogP contribution in [0.1, 0.15) is 0 Å². The first-order valence-electron chi connectivity index (χ1n) is 5.24. The number of para-hydroxylation sites is 1. The van der Waals surface area contributed by atoms with Gasteiger partial charge in [-0.05, 0) is 40.2 Å². The standard InChI is InChI=1S/C12H9BrFN3O2/c13-8-2-1-3-9(14)12(8)16-7-4-5-11(17(18)19)10(15)6-7/h1-6,16H,15H2. The van der Waals surface area contributed by atoms with E-state index in [9.17, 15) is 14.5 Å². The zero-order valence-electron chi connectivity index (χ0n) is 9.56. The van der Waals surface area contributed by atoms with Crippen LogP contribution in [0.2, 0.25) is 0 Å². The molecule has 0 spiro atoms. The normalized spacial score (nSPS) is 10.2. The summed E-state index contributed by atoms with van der Waals surface area (Å²) in [5.74, 6) is -0.439. The van der Waals surface area contributed by atoms with Gasteiger partial charge in [0, 0.05) is 16.2 Å². The smallest absolute Gasteiger partial charge is 0.292 e. The molecule has 0 aromatic heterocycles. The summed E-state index contributed by atoms with van der Waals surface area (Å²) in [5.41, 5.74) is 6.11. The molecule has 0 aliphatic rings. The van der Waals surface area contributed by atoms with Gasteiger partial charge in [0.15, 0.2) is 0 Å². The SMILES string of the molecule is Nc1cc(Nc2c(F)cccc2Br)ccc1[N+](=O)[O-]. The molecule has 0 atom stereocenters. The van der Waals surface area contributed by atoms with Crippen molar-refractivity contribution in [3.63, 3.8) is 0 Å².